The molecule has 3 rings (SSSR count). The van der Waals surface area contributed by atoms with Gasteiger partial charge in [0.05, 0.1) is 21.5 Å². The lowest BCUT2D eigenvalue weighted by atomic mass is 10.1. The number of amides is 1. The summed E-state index contributed by atoms with van der Waals surface area (Å²) in [7, 11) is -7.46. The Morgan fingerprint density at radius 1 is 0.882 bits per heavy atom. The second-order valence-electron chi connectivity index (χ2n) is 7.58. The summed E-state index contributed by atoms with van der Waals surface area (Å²) < 4.78 is 51.0. The van der Waals surface area contributed by atoms with E-state index in [0.717, 1.165) is 10.6 Å². The lowest BCUT2D eigenvalue weighted by Crippen LogP contribution is -2.41. The number of benzene rings is 3. The van der Waals surface area contributed by atoms with Gasteiger partial charge >= 0.3 is 0 Å². The second kappa shape index (κ2) is 10.4. The van der Waals surface area contributed by atoms with E-state index in [2.05, 4.69) is 5.32 Å². The average Bonchev–Trinajstić information content (AvgIpc) is 2.77. The number of anilines is 1. The van der Waals surface area contributed by atoms with Crippen LogP contribution in [0.3, 0.4) is 0 Å². The van der Waals surface area contributed by atoms with E-state index in [1.807, 2.05) is 0 Å². The summed E-state index contributed by atoms with van der Waals surface area (Å²) in [6, 6.07) is 17.4. The maximum atomic E-state index is 13.4. The first kappa shape index (κ1) is 26.0. The van der Waals surface area contributed by atoms with Gasteiger partial charge in [-0.15, -0.1) is 0 Å². The van der Waals surface area contributed by atoms with Crippen LogP contribution < -0.4 is 9.62 Å². The van der Waals surface area contributed by atoms with Crippen LogP contribution in [-0.4, -0.2) is 35.5 Å². The van der Waals surface area contributed by atoms with Crippen molar-refractivity contribution in [2.24, 2.45) is 0 Å². The van der Waals surface area contributed by atoms with Crippen molar-refractivity contribution in [3.63, 3.8) is 0 Å². The molecule has 0 unspecified atom stereocenters. The van der Waals surface area contributed by atoms with E-state index in [4.69, 9.17) is 23.2 Å². The lowest BCUT2D eigenvalue weighted by molar-refractivity contribution is -0.120. The molecule has 0 aliphatic carbocycles. The number of carbonyl (C=O) groups excluding carboxylic acids is 1. The van der Waals surface area contributed by atoms with Crippen LogP contribution in [-0.2, 0) is 24.7 Å². The Labute approximate surface area is 209 Å². The van der Waals surface area contributed by atoms with Gasteiger partial charge in [0, 0.05) is 16.3 Å². The summed E-state index contributed by atoms with van der Waals surface area (Å²) in [4.78, 5) is 13.0. The molecular formula is C23H22Cl2N2O5S2. The predicted octanol–water partition coefficient (Wildman–Crippen LogP) is 4.47. The number of nitrogens with zero attached hydrogens (tertiary/aromatic N) is 1. The SMILES string of the molecule is C[C@H](NC(=O)CN(c1cccc(Cl)c1)S(=O)(=O)c1ccc(Cl)cc1)c1ccc(S(C)(=O)=O)cc1. The first-order chi connectivity index (χ1) is 15.9. The number of rotatable bonds is 8. The van der Waals surface area contributed by atoms with Crippen molar-refractivity contribution in [1.82, 2.24) is 5.32 Å². The highest BCUT2D eigenvalue weighted by Crippen LogP contribution is 2.27. The molecule has 0 saturated heterocycles. The molecule has 0 aliphatic heterocycles. The number of carbonyl (C=O) groups is 1. The minimum atomic E-state index is -4.12. The highest BCUT2D eigenvalue weighted by Gasteiger charge is 2.28. The molecule has 0 aliphatic rings. The van der Waals surface area contributed by atoms with Gasteiger partial charge in [-0.2, -0.15) is 0 Å². The summed E-state index contributed by atoms with van der Waals surface area (Å²) in [6.07, 6.45) is 1.11. The fourth-order valence-electron chi connectivity index (χ4n) is 3.18. The molecule has 0 bridgehead atoms. The van der Waals surface area contributed by atoms with E-state index < -0.39 is 38.4 Å². The molecule has 7 nitrogen and oxygen atoms in total. The van der Waals surface area contributed by atoms with Gasteiger partial charge in [-0.05, 0) is 67.1 Å². The maximum absolute atomic E-state index is 13.4. The zero-order valence-corrected chi connectivity index (χ0v) is 21.4. The number of hydrogen-bond acceptors (Lipinski definition) is 5. The fourth-order valence-corrected chi connectivity index (χ4v) is 5.54. The quantitative estimate of drug-likeness (QED) is 0.454. The zero-order valence-electron chi connectivity index (χ0n) is 18.3. The Hall–Kier alpha value is -2.59. The molecule has 3 aromatic rings. The first-order valence-corrected chi connectivity index (χ1v) is 14.1. The molecule has 1 atom stereocenters. The maximum Gasteiger partial charge on any atom is 0.264 e. The Bertz CT molecular complexity index is 1390. The molecule has 3 aromatic carbocycles. The normalized spacial score (nSPS) is 12.7. The van der Waals surface area contributed by atoms with Crippen molar-refractivity contribution < 1.29 is 21.6 Å². The van der Waals surface area contributed by atoms with E-state index in [-0.39, 0.29) is 15.5 Å². The molecule has 180 valence electrons. The van der Waals surface area contributed by atoms with Crippen LogP contribution in [0.2, 0.25) is 10.0 Å². The van der Waals surface area contributed by atoms with Crippen molar-refractivity contribution in [3.05, 3.63) is 88.4 Å². The number of sulfone groups is 1. The first-order valence-electron chi connectivity index (χ1n) is 10.0. The molecule has 1 N–H and O–H groups in total. The molecule has 1 amide bonds. The smallest absolute Gasteiger partial charge is 0.264 e. The van der Waals surface area contributed by atoms with Crippen LogP contribution in [0.5, 0.6) is 0 Å². The molecule has 0 radical (unpaired) electrons. The highest BCUT2D eigenvalue weighted by atomic mass is 35.5. The Morgan fingerprint density at radius 2 is 1.47 bits per heavy atom. The number of halogens is 2. The summed E-state index contributed by atoms with van der Waals surface area (Å²) in [5.41, 5.74) is 0.887. The fraction of sp³-hybridized carbons (Fsp3) is 0.174. The number of nitrogens with one attached hydrogen (secondary N) is 1. The van der Waals surface area contributed by atoms with Crippen molar-refractivity contribution in [3.8, 4) is 0 Å². The van der Waals surface area contributed by atoms with Gasteiger partial charge in [-0.1, -0.05) is 41.4 Å². The van der Waals surface area contributed by atoms with Crippen molar-refractivity contribution in [1.29, 1.82) is 0 Å². The summed E-state index contributed by atoms with van der Waals surface area (Å²) in [5.74, 6) is -0.558. The minimum absolute atomic E-state index is 0.0333. The minimum Gasteiger partial charge on any atom is -0.348 e. The Kier molecular flexibility index (Phi) is 7.92. The molecule has 34 heavy (non-hydrogen) atoms. The molecule has 0 spiro atoms. The molecule has 0 heterocycles. The number of hydrogen-bond donors (Lipinski definition) is 1. The molecular weight excluding hydrogens is 519 g/mol. The monoisotopic (exact) mass is 540 g/mol. The van der Waals surface area contributed by atoms with E-state index in [1.165, 1.54) is 42.5 Å². The number of sulfonamides is 1. The third-order valence-corrected chi connectivity index (χ3v) is 8.37. The standard InChI is InChI=1S/C23H22Cl2N2O5S2/c1-16(17-6-10-21(11-7-17)33(2,29)30)26-23(28)15-27(20-5-3-4-19(25)14-20)34(31,32)22-12-8-18(24)9-13-22/h3-14,16H,15H2,1-2H3,(H,26,28)/t16-/m0/s1. The largest absolute Gasteiger partial charge is 0.348 e. The highest BCUT2D eigenvalue weighted by molar-refractivity contribution is 7.93. The van der Waals surface area contributed by atoms with Crippen molar-refractivity contribution in [2.75, 3.05) is 17.1 Å². The van der Waals surface area contributed by atoms with Gasteiger partial charge in [0.25, 0.3) is 10.0 Å². The van der Waals surface area contributed by atoms with Crippen LogP contribution in [0.4, 0.5) is 5.69 Å². The van der Waals surface area contributed by atoms with E-state index in [0.29, 0.717) is 15.6 Å². The third-order valence-electron chi connectivity index (χ3n) is 4.97. The van der Waals surface area contributed by atoms with Gasteiger partial charge in [0.2, 0.25) is 5.91 Å². The third kappa shape index (κ3) is 6.29. The Morgan fingerprint density at radius 3 is 2.03 bits per heavy atom. The molecule has 0 saturated carbocycles. The van der Waals surface area contributed by atoms with Gasteiger partial charge in [-0.3, -0.25) is 9.10 Å². The van der Waals surface area contributed by atoms with E-state index >= 15 is 0 Å². The zero-order chi connectivity index (χ0) is 25.1. The van der Waals surface area contributed by atoms with Gasteiger partial charge < -0.3 is 5.32 Å². The molecule has 0 aromatic heterocycles. The van der Waals surface area contributed by atoms with Crippen LogP contribution in [0, 0.1) is 0 Å². The lowest BCUT2D eigenvalue weighted by Gasteiger charge is -2.25. The summed E-state index contributed by atoms with van der Waals surface area (Å²) >= 11 is 12.0. The van der Waals surface area contributed by atoms with Gasteiger partial charge in [-0.25, -0.2) is 16.8 Å². The van der Waals surface area contributed by atoms with Crippen LogP contribution in [0.1, 0.15) is 18.5 Å². The van der Waals surface area contributed by atoms with Crippen molar-refractivity contribution in [2.45, 2.75) is 22.8 Å². The van der Waals surface area contributed by atoms with Gasteiger partial charge in [0.1, 0.15) is 6.54 Å². The van der Waals surface area contributed by atoms with Crippen LogP contribution in [0.15, 0.2) is 82.6 Å². The summed E-state index contributed by atoms with van der Waals surface area (Å²) in [6.45, 7) is 1.21. The van der Waals surface area contributed by atoms with E-state index in [9.17, 15) is 21.6 Å². The molecule has 11 heteroatoms. The average molecular weight is 541 g/mol. The summed E-state index contributed by atoms with van der Waals surface area (Å²) in [5, 5.41) is 3.44. The Balaban J connectivity index is 1.86. The molecule has 0 fully saturated rings. The van der Waals surface area contributed by atoms with Crippen molar-refractivity contribution >= 4 is 54.7 Å². The van der Waals surface area contributed by atoms with Crippen LogP contribution >= 0.6 is 23.2 Å². The van der Waals surface area contributed by atoms with Gasteiger partial charge in [0.15, 0.2) is 9.84 Å². The van der Waals surface area contributed by atoms with Crippen LogP contribution in [0.25, 0.3) is 0 Å². The predicted molar refractivity (Wildman–Crippen MR) is 134 cm³/mol. The topological polar surface area (TPSA) is 101 Å². The van der Waals surface area contributed by atoms with E-state index in [1.54, 1.807) is 37.3 Å². The second-order valence-corrected chi connectivity index (χ2v) is 12.3.